The number of halogens is 1. The maximum Gasteiger partial charge on any atom is 0.0189 e. The van der Waals surface area contributed by atoms with Crippen LogP contribution in [0, 0.1) is 0 Å². The van der Waals surface area contributed by atoms with Gasteiger partial charge in [0.05, 0.1) is 0 Å². The molecule has 0 aliphatic carbocycles. The van der Waals surface area contributed by atoms with E-state index in [1.54, 1.807) is 0 Å². The third kappa shape index (κ3) is 2.52. The third-order valence-electron chi connectivity index (χ3n) is 1.83. The lowest BCUT2D eigenvalue weighted by atomic mass is 10.2. The molecule has 1 atom stereocenters. The van der Waals surface area contributed by atoms with Crippen LogP contribution in [0.4, 0.5) is 0 Å². The predicted octanol–water partition coefficient (Wildman–Crippen LogP) is 0.332. The van der Waals surface area contributed by atoms with E-state index in [9.17, 15) is 0 Å². The molecule has 1 aliphatic rings. The molecule has 0 radical (unpaired) electrons. The summed E-state index contributed by atoms with van der Waals surface area (Å²) in [4.78, 5) is 2.37. The normalized spacial score (nSPS) is 29.3. The molecule has 0 bridgehead atoms. The van der Waals surface area contributed by atoms with Gasteiger partial charge in [0.15, 0.2) is 0 Å². The van der Waals surface area contributed by atoms with E-state index in [4.69, 9.17) is 0 Å². The third-order valence-corrected chi connectivity index (χ3v) is 1.83. The zero-order valence-electron chi connectivity index (χ0n) is 6.05. The predicted molar refractivity (Wildman–Crippen MR) is 42.2 cm³/mol. The van der Waals surface area contributed by atoms with Crippen molar-refractivity contribution in [1.29, 1.82) is 0 Å². The molecule has 56 valence electrons. The molecule has 0 spiro atoms. The van der Waals surface area contributed by atoms with Gasteiger partial charge in [-0.2, -0.15) is 0 Å². The van der Waals surface area contributed by atoms with Gasteiger partial charge in [-0.3, -0.25) is 0 Å². The first-order valence-corrected chi connectivity index (χ1v) is 3.21. The summed E-state index contributed by atoms with van der Waals surface area (Å²) in [5, 5.41) is 3.32. The molecule has 3 heteroatoms. The topological polar surface area (TPSA) is 15.3 Å². The molecule has 1 fully saturated rings. The van der Waals surface area contributed by atoms with Crippen LogP contribution in [-0.4, -0.2) is 37.6 Å². The summed E-state index contributed by atoms with van der Waals surface area (Å²) in [6.45, 7) is 5.74. The highest BCUT2D eigenvalue weighted by Gasteiger charge is 2.11. The van der Waals surface area contributed by atoms with Crippen LogP contribution in [0.15, 0.2) is 0 Å². The minimum absolute atomic E-state index is 0. The molecule has 1 rings (SSSR count). The van der Waals surface area contributed by atoms with Crippen LogP contribution >= 0.6 is 12.4 Å². The largest absolute Gasteiger partial charge is 0.314 e. The number of piperazine rings is 1. The Labute approximate surface area is 63.0 Å². The summed E-state index contributed by atoms with van der Waals surface area (Å²) in [6.07, 6.45) is 0. The van der Waals surface area contributed by atoms with Gasteiger partial charge in [-0.05, 0) is 14.0 Å². The molecule has 1 saturated heterocycles. The van der Waals surface area contributed by atoms with Gasteiger partial charge in [0, 0.05) is 25.7 Å². The van der Waals surface area contributed by atoms with Crippen LogP contribution in [0.2, 0.25) is 0 Å². The zero-order valence-corrected chi connectivity index (χ0v) is 6.87. The molecule has 0 saturated carbocycles. The Morgan fingerprint density at radius 1 is 1.56 bits per heavy atom. The first-order valence-electron chi connectivity index (χ1n) is 3.21. The Morgan fingerprint density at radius 3 is 2.56 bits per heavy atom. The summed E-state index contributed by atoms with van der Waals surface area (Å²) in [6, 6.07) is 0.726. The Bertz CT molecular complexity index is 67.5. The number of likely N-dealkylation sites (N-methyl/N-ethyl adjacent to an activating group) is 1. The Morgan fingerprint density at radius 2 is 2.22 bits per heavy atom. The van der Waals surface area contributed by atoms with E-state index < -0.39 is 0 Å². The van der Waals surface area contributed by atoms with Gasteiger partial charge in [0.2, 0.25) is 0 Å². The highest BCUT2D eigenvalue weighted by Crippen LogP contribution is 1.95. The summed E-state index contributed by atoms with van der Waals surface area (Å²) in [5.74, 6) is 0. The minimum Gasteiger partial charge on any atom is -0.314 e. The summed E-state index contributed by atoms with van der Waals surface area (Å²) in [7, 11) is 2.17. The van der Waals surface area contributed by atoms with Gasteiger partial charge in [0.1, 0.15) is 0 Å². The van der Waals surface area contributed by atoms with Crippen molar-refractivity contribution < 1.29 is 0 Å². The van der Waals surface area contributed by atoms with Crippen molar-refractivity contribution in [2.75, 3.05) is 26.7 Å². The van der Waals surface area contributed by atoms with Crippen molar-refractivity contribution in [1.82, 2.24) is 10.2 Å². The summed E-state index contributed by atoms with van der Waals surface area (Å²) in [5.41, 5.74) is 0. The second-order valence-corrected chi connectivity index (χ2v) is 2.53. The van der Waals surface area contributed by atoms with E-state index >= 15 is 0 Å². The quantitative estimate of drug-likeness (QED) is 0.536. The van der Waals surface area contributed by atoms with Crippen LogP contribution in [0.1, 0.15) is 6.92 Å². The lowest BCUT2D eigenvalue weighted by molar-refractivity contribution is 0.215. The fourth-order valence-electron chi connectivity index (χ4n) is 0.943. The number of nitrogens with one attached hydrogen (secondary N) is 1. The fourth-order valence-corrected chi connectivity index (χ4v) is 0.943. The Hall–Kier alpha value is 0.210. The van der Waals surface area contributed by atoms with Crippen LogP contribution in [0.3, 0.4) is 0 Å². The molecule has 1 N–H and O–H groups in total. The highest BCUT2D eigenvalue weighted by molar-refractivity contribution is 5.85. The lowest BCUT2D eigenvalue weighted by Crippen LogP contribution is -2.47. The average Bonchev–Trinajstić information content (AvgIpc) is 1.77. The summed E-state index contributed by atoms with van der Waals surface area (Å²) < 4.78 is 0. The van der Waals surface area contributed by atoms with Crippen molar-refractivity contribution in [2.24, 2.45) is 0 Å². The SMILES string of the molecule is C[C@@H]1CNCCN1C.Cl. The minimum atomic E-state index is 0. The molecule has 9 heavy (non-hydrogen) atoms. The van der Waals surface area contributed by atoms with E-state index in [0.29, 0.717) is 0 Å². The molecule has 1 heterocycles. The molecular weight excluding hydrogens is 136 g/mol. The first-order chi connectivity index (χ1) is 3.80. The molecule has 2 nitrogen and oxygen atoms in total. The molecule has 0 aromatic rings. The van der Waals surface area contributed by atoms with Crippen molar-refractivity contribution >= 4 is 12.4 Å². The van der Waals surface area contributed by atoms with Crippen LogP contribution in [-0.2, 0) is 0 Å². The molecule has 0 amide bonds. The van der Waals surface area contributed by atoms with E-state index in [1.807, 2.05) is 0 Å². The number of hydrogen-bond donors (Lipinski definition) is 1. The van der Waals surface area contributed by atoms with Gasteiger partial charge in [-0.1, -0.05) is 0 Å². The molecule has 1 aliphatic heterocycles. The number of rotatable bonds is 0. The first kappa shape index (κ1) is 9.21. The number of nitrogens with zero attached hydrogens (tertiary/aromatic N) is 1. The maximum atomic E-state index is 3.32. The highest BCUT2D eigenvalue weighted by atomic mass is 35.5. The van der Waals surface area contributed by atoms with Crippen LogP contribution in [0.5, 0.6) is 0 Å². The van der Waals surface area contributed by atoms with E-state index in [-0.39, 0.29) is 12.4 Å². The zero-order chi connectivity index (χ0) is 5.98. The Kier molecular flexibility index (Phi) is 4.19. The van der Waals surface area contributed by atoms with Crippen molar-refractivity contribution in [3.05, 3.63) is 0 Å². The molecular formula is C6H15ClN2. The Balaban J connectivity index is 0.000000640. The van der Waals surface area contributed by atoms with Gasteiger partial charge in [-0.25, -0.2) is 0 Å². The van der Waals surface area contributed by atoms with Crippen molar-refractivity contribution in [3.63, 3.8) is 0 Å². The molecule has 0 aromatic heterocycles. The van der Waals surface area contributed by atoms with Gasteiger partial charge in [-0.15, -0.1) is 12.4 Å². The van der Waals surface area contributed by atoms with Gasteiger partial charge in [0.25, 0.3) is 0 Å². The smallest absolute Gasteiger partial charge is 0.0189 e. The average molecular weight is 151 g/mol. The van der Waals surface area contributed by atoms with Crippen LogP contribution < -0.4 is 5.32 Å². The second-order valence-electron chi connectivity index (χ2n) is 2.53. The fraction of sp³-hybridized carbons (Fsp3) is 1.00. The standard InChI is InChI=1S/C6H14N2.ClH/c1-6-5-7-3-4-8(6)2;/h6-7H,3-5H2,1-2H3;1H/t6-;/m1./s1. The van der Waals surface area contributed by atoms with Gasteiger partial charge >= 0.3 is 0 Å². The van der Waals surface area contributed by atoms with E-state index in [0.717, 1.165) is 19.1 Å². The van der Waals surface area contributed by atoms with Crippen LogP contribution in [0.25, 0.3) is 0 Å². The molecule has 0 aromatic carbocycles. The number of hydrogen-bond acceptors (Lipinski definition) is 2. The van der Waals surface area contributed by atoms with Crippen molar-refractivity contribution in [3.8, 4) is 0 Å². The van der Waals surface area contributed by atoms with Crippen molar-refractivity contribution in [2.45, 2.75) is 13.0 Å². The van der Waals surface area contributed by atoms with E-state index in [2.05, 4.69) is 24.2 Å². The maximum absolute atomic E-state index is 3.32. The van der Waals surface area contributed by atoms with Gasteiger partial charge < -0.3 is 10.2 Å². The lowest BCUT2D eigenvalue weighted by Gasteiger charge is -2.29. The monoisotopic (exact) mass is 150 g/mol. The summed E-state index contributed by atoms with van der Waals surface area (Å²) >= 11 is 0. The molecule has 0 unspecified atom stereocenters. The second kappa shape index (κ2) is 4.09. The van der Waals surface area contributed by atoms with E-state index in [1.165, 1.54) is 6.54 Å².